The summed E-state index contributed by atoms with van der Waals surface area (Å²) in [6.07, 6.45) is 1.43. The molecule has 0 aliphatic carbocycles. The Morgan fingerprint density at radius 3 is 3.11 bits per heavy atom. The molecule has 0 aromatic rings. The smallest absolute Gasteiger partial charge is 0.184 e. The normalized spacial score (nSPS) is 42.7. The minimum atomic E-state index is 0.105. The maximum atomic E-state index is 5.21. The average molecular weight is 130 g/mol. The molecule has 2 aliphatic heterocycles. The predicted molar refractivity (Wildman–Crippen MR) is 30.0 cm³/mol. The van der Waals surface area contributed by atoms with E-state index in [0.29, 0.717) is 19.3 Å². The first-order valence-corrected chi connectivity index (χ1v) is 3.31. The highest BCUT2D eigenvalue weighted by atomic mass is 16.8. The molecule has 2 fully saturated rings. The number of hydrogen-bond donors (Lipinski definition) is 0. The van der Waals surface area contributed by atoms with E-state index in [0.717, 1.165) is 13.0 Å². The Kier molecular flexibility index (Phi) is 1.41. The topological polar surface area (TPSA) is 31.0 Å². The van der Waals surface area contributed by atoms with Gasteiger partial charge in [-0.2, -0.15) is 0 Å². The maximum absolute atomic E-state index is 5.21. The number of epoxide rings is 1. The Labute approximate surface area is 53.9 Å². The molecular formula is C6H10O3. The van der Waals surface area contributed by atoms with E-state index in [-0.39, 0.29) is 6.29 Å². The van der Waals surface area contributed by atoms with Crippen molar-refractivity contribution in [2.24, 2.45) is 0 Å². The molecule has 52 valence electrons. The van der Waals surface area contributed by atoms with Crippen LogP contribution in [0.1, 0.15) is 6.42 Å². The van der Waals surface area contributed by atoms with E-state index in [1.807, 2.05) is 0 Å². The molecule has 0 spiro atoms. The summed E-state index contributed by atoms with van der Waals surface area (Å²) in [5.74, 6) is 0. The molecule has 0 amide bonds. The summed E-state index contributed by atoms with van der Waals surface area (Å²) < 4.78 is 15.5. The zero-order valence-electron chi connectivity index (χ0n) is 5.21. The molecule has 2 unspecified atom stereocenters. The van der Waals surface area contributed by atoms with Crippen molar-refractivity contribution in [1.29, 1.82) is 0 Å². The predicted octanol–water partition coefficient (Wildman–Crippen LogP) is 0.148. The standard InChI is InChI=1S/C6H10O3/c1-2-7-3-4-8-6-5(1)9-6/h5-6H,1-4H2. The Morgan fingerprint density at radius 1 is 1.11 bits per heavy atom. The van der Waals surface area contributed by atoms with Gasteiger partial charge < -0.3 is 14.2 Å². The second kappa shape index (κ2) is 2.25. The number of fused-ring (bicyclic) bond motifs is 1. The largest absolute Gasteiger partial charge is 0.379 e. The van der Waals surface area contributed by atoms with Crippen LogP contribution < -0.4 is 0 Å². The second-order valence-electron chi connectivity index (χ2n) is 2.31. The highest BCUT2D eigenvalue weighted by Gasteiger charge is 2.40. The molecule has 3 nitrogen and oxygen atoms in total. The first-order chi connectivity index (χ1) is 4.47. The quantitative estimate of drug-likeness (QED) is 0.437. The molecule has 0 N–H and O–H groups in total. The first kappa shape index (κ1) is 5.65. The summed E-state index contributed by atoms with van der Waals surface area (Å²) in [5, 5.41) is 0. The summed E-state index contributed by atoms with van der Waals surface area (Å²) in [6, 6.07) is 0. The summed E-state index contributed by atoms with van der Waals surface area (Å²) >= 11 is 0. The third-order valence-corrected chi connectivity index (χ3v) is 1.59. The minimum Gasteiger partial charge on any atom is -0.379 e. The van der Waals surface area contributed by atoms with Crippen LogP contribution >= 0.6 is 0 Å². The number of rotatable bonds is 0. The van der Waals surface area contributed by atoms with Crippen LogP contribution in [0.3, 0.4) is 0 Å². The fraction of sp³-hybridized carbons (Fsp3) is 1.00. The molecular weight excluding hydrogens is 120 g/mol. The zero-order chi connectivity index (χ0) is 6.10. The fourth-order valence-corrected chi connectivity index (χ4v) is 1.00. The van der Waals surface area contributed by atoms with Crippen LogP contribution in [0.4, 0.5) is 0 Å². The van der Waals surface area contributed by atoms with Crippen molar-refractivity contribution in [2.45, 2.75) is 18.8 Å². The lowest BCUT2D eigenvalue weighted by molar-refractivity contribution is 0.000636. The molecule has 0 aromatic heterocycles. The fourth-order valence-electron chi connectivity index (χ4n) is 1.00. The van der Waals surface area contributed by atoms with Crippen molar-refractivity contribution in [2.75, 3.05) is 19.8 Å². The SMILES string of the molecule is C1COC2OC2CCO1. The third kappa shape index (κ3) is 1.23. The molecule has 2 heterocycles. The Morgan fingerprint density at radius 2 is 2.11 bits per heavy atom. The number of hydrogen-bond acceptors (Lipinski definition) is 3. The summed E-state index contributed by atoms with van der Waals surface area (Å²) in [7, 11) is 0. The van der Waals surface area contributed by atoms with Gasteiger partial charge in [0.05, 0.1) is 13.2 Å². The van der Waals surface area contributed by atoms with Gasteiger partial charge in [-0.15, -0.1) is 0 Å². The van der Waals surface area contributed by atoms with Gasteiger partial charge in [-0.25, -0.2) is 0 Å². The van der Waals surface area contributed by atoms with Crippen molar-refractivity contribution < 1.29 is 14.2 Å². The Bertz CT molecular complexity index is 92.5. The van der Waals surface area contributed by atoms with Crippen molar-refractivity contribution in [3.63, 3.8) is 0 Å². The summed E-state index contributed by atoms with van der Waals surface area (Å²) in [5.41, 5.74) is 0. The van der Waals surface area contributed by atoms with Gasteiger partial charge in [0.25, 0.3) is 0 Å². The molecule has 3 heteroatoms. The van der Waals surface area contributed by atoms with E-state index in [4.69, 9.17) is 14.2 Å². The molecule has 2 rings (SSSR count). The minimum absolute atomic E-state index is 0.105. The lowest BCUT2D eigenvalue weighted by atomic mass is 10.3. The van der Waals surface area contributed by atoms with Gasteiger partial charge in [0.2, 0.25) is 0 Å². The van der Waals surface area contributed by atoms with E-state index in [1.54, 1.807) is 0 Å². The van der Waals surface area contributed by atoms with Crippen molar-refractivity contribution >= 4 is 0 Å². The van der Waals surface area contributed by atoms with Crippen LogP contribution in [-0.2, 0) is 14.2 Å². The van der Waals surface area contributed by atoms with E-state index in [2.05, 4.69) is 0 Å². The molecule has 9 heavy (non-hydrogen) atoms. The van der Waals surface area contributed by atoms with Gasteiger partial charge in [0.1, 0.15) is 6.10 Å². The molecule has 2 aliphatic rings. The second-order valence-corrected chi connectivity index (χ2v) is 2.31. The summed E-state index contributed by atoms with van der Waals surface area (Å²) in [6.45, 7) is 2.22. The van der Waals surface area contributed by atoms with Gasteiger partial charge in [-0.05, 0) is 0 Å². The molecule has 2 saturated heterocycles. The van der Waals surface area contributed by atoms with Gasteiger partial charge in [-0.3, -0.25) is 0 Å². The van der Waals surface area contributed by atoms with Gasteiger partial charge in [0, 0.05) is 13.0 Å². The lowest BCUT2D eigenvalue weighted by Crippen LogP contribution is -2.13. The summed E-state index contributed by atoms with van der Waals surface area (Å²) in [4.78, 5) is 0. The zero-order valence-corrected chi connectivity index (χ0v) is 5.21. The van der Waals surface area contributed by atoms with Crippen LogP contribution in [-0.4, -0.2) is 32.2 Å². The van der Waals surface area contributed by atoms with Crippen molar-refractivity contribution in [3.05, 3.63) is 0 Å². The van der Waals surface area contributed by atoms with E-state index in [1.165, 1.54) is 0 Å². The van der Waals surface area contributed by atoms with Crippen LogP contribution in [0.25, 0.3) is 0 Å². The highest BCUT2D eigenvalue weighted by Crippen LogP contribution is 2.27. The first-order valence-electron chi connectivity index (χ1n) is 3.31. The highest BCUT2D eigenvalue weighted by molar-refractivity contribution is 4.77. The van der Waals surface area contributed by atoms with Gasteiger partial charge in [-0.1, -0.05) is 0 Å². The maximum Gasteiger partial charge on any atom is 0.184 e. The molecule has 0 radical (unpaired) electrons. The molecule has 0 aromatic carbocycles. The van der Waals surface area contributed by atoms with Crippen molar-refractivity contribution in [1.82, 2.24) is 0 Å². The molecule has 2 atom stereocenters. The Hall–Kier alpha value is -0.120. The van der Waals surface area contributed by atoms with Crippen molar-refractivity contribution in [3.8, 4) is 0 Å². The Balaban J connectivity index is 1.81. The van der Waals surface area contributed by atoms with Crippen LogP contribution in [0.5, 0.6) is 0 Å². The third-order valence-electron chi connectivity index (χ3n) is 1.59. The molecule has 0 saturated carbocycles. The van der Waals surface area contributed by atoms with Gasteiger partial charge in [0.15, 0.2) is 6.29 Å². The lowest BCUT2D eigenvalue weighted by Gasteiger charge is -2.05. The van der Waals surface area contributed by atoms with Crippen LogP contribution in [0.15, 0.2) is 0 Å². The van der Waals surface area contributed by atoms with E-state index in [9.17, 15) is 0 Å². The van der Waals surface area contributed by atoms with Crippen LogP contribution in [0, 0.1) is 0 Å². The van der Waals surface area contributed by atoms with Gasteiger partial charge >= 0.3 is 0 Å². The van der Waals surface area contributed by atoms with E-state index < -0.39 is 0 Å². The molecule has 0 bridgehead atoms. The van der Waals surface area contributed by atoms with E-state index >= 15 is 0 Å². The monoisotopic (exact) mass is 130 g/mol. The van der Waals surface area contributed by atoms with Crippen LogP contribution in [0.2, 0.25) is 0 Å². The number of ether oxygens (including phenoxy) is 3. The average Bonchev–Trinajstić information content (AvgIpc) is 2.46.